The van der Waals surface area contributed by atoms with Crippen LogP contribution in [0.4, 0.5) is 5.69 Å². The Bertz CT molecular complexity index is 1120. The Hall–Kier alpha value is -3.24. The zero-order valence-electron chi connectivity index (χ0n) is 18.5. The summed E-state index contributed by atoms with van der Waals surface area (Å²) < 4.78 is 22.1. The maximum absolute atomic E-state index is 13.2. The molecular weight excluding hydrogens is 466 g/mol. The second kappa shape index (κ2) is 10.6. The van der Waals surface area contributed by atoms with Crippen LogP contribution < -0.4 is 23.8 Å². The fourth-order valence-electron chi connectivity index (χ4n) is 3.02. The lowest BCUT2D eigenvalue weighted by atomic mass is 10.1. The van der Waals surface area contributed by atoms with E-state index in [-0.39, 0.29) is 5.91 Å². The molecule has 1 atom stereocenters. The van der Waals surface area contributed by atoms with Crippen molar-refractivity contribution in [1.29, 1.82) is 0 Å². The molecule has 33 heavy (non-hydrogen) atoms. The Balaban J connectivity index is 1.91. The number of thiocarbonyl (C=S) groups is 1. The third-order valence-electron chi connectivity index (χ3n) is 4.64. The number of hydrogen-bond acceptors (Lipinski definition) is 8. The van der Waals surface area contributed by atoms with Crippen LogP contribution in [-0.2, 0) is 9.59 Å². The number of methoxy groups -OCH3 is 2. The molecule has 1 aliphatic heterocycles. The molecule has 1 heterocycles. The molecule has 174 valence electrons. The van der Waals surface area contributed by atoms with Crippen molar-refractivity contribution in [2.24, 2.45) is 0 Å². The molecule has 3 rings (SSSR count). The van der Waals surface area contributed by atoms with E-state index in [1.165, 1.54) is 30.7 Å². The Kier molecular flexibility index (Phi) is 7.83. The van der Waals surface area contributed by atoms with Crippen LogP contribution in [0.3, 0.4) is 0 Å². The fourth-order valence-corrected chi connectivity index (χ4v) is 4.30. The summed E-state index contributed by atoms with van der Waals surface area (Å²) in [5.74, 6) is 0.371. The summed E-state index contributed by atoms with van der Waals surface area (Å²) in [5.41, 5.74) is 1.20. The van der Waals surface area contributed by atoms with Crippen molar-refractivity contribution < 1.29 is 33.6 Å². The molecular formula is C23H23NO7S2. The third-order valence-corrected chi connectivity index (χ3v) is 5.94. The highest BCUT2D eigenvalue weighted by molar-refractivity contribution is 8.27. The zero-order valence-corrected chi connectivity index (χ0v) is 20.1. The number of carbonyl (C=O) groups is 2. The summed E-state index contributed by atoms with van der Waals surface area (Å²) in [6.45, 7) is 3.61. The number of carboxylic acids is 1. The van der Waals surface area contributed by atoms with Crippen molar-refractivity contribution in [3.63, 3.8) is 0 Å². The van der Waals surface area contributed by atoms with E-state index >= 15 is 0 Å². The van der Waals surface area contributed by atoms with Crippen LogP contribution in [0, 0.1) is 0 Å². The van der Waals surface area contributed by atoms with Gasteiger partial charge in [-0.05, 0) is 49.8 Å². The van der Waals surface area contributed by atoms with E-state index in [1.54, 1.807) is 49.6 Å². The summed E-state index contributed by atoms with van der Waals surface area (Å²) in [4.78, 5) is 26.1. The average molecular weight is 490 g/mol. The van der Waals surface area contributed by atoms with Crippen molar-refractivity contribution in [1.82, 2.24) is 0 Å². The maximum atomic E-state index is 13.2. The molecule has 1 unspecified atom stereocenters. The van der Waals surface area contributed by atoms with E-state index in [4.69, 9.17) is 36.3 Å². The molecule has 0 aliphatic carbocycles. The Morgan fingerprint density at radius 3 is 2.55 bits per heavy atom. The van der Waals surface area contributed by atoms with Gasteiger partial charge >= 0.3 is 5.97 Å². The molecule has 0 spiro atoms. The number of benzene rings is 2. The van der Waals surface area contributed by atoms with Gasteiger partial charge in [0.05, 0.1) is 31.4 Å². The number of nitrogens with zero attached hydrogens (tertiary/aromatic N) is 1. The standard InChI is InChI=1S/C23H23NO7S2/c1-5-30-19-10-14(6-9-17(19)31-13(2)22(26)27)11-20-21(25)24(23(32)33-20)16-8-7-15(28-3)12-18(16)29-4/h6-13H,5H2,1-4H3,(H,26,27)/b20-11+. The van der Waals surface area contributed by atoms with Gasteiger partial charge in [-0.1, -0.05) is 30.0 Å². The smallest absolute Gasteiger partial charge is 0.344 e. The van der Waals surface area contributed by atoms with E-state index in [1.807, 2.05) is 6.92 Å². The van der Waals surface area contributed by atoms with Crippen molar-refractivity contribution in [2.45, 2.75) is 20.0 Å². The second-order valence-electron chi connectivity index (χ2n) is 6.79. The Labute approximate surface area is 201 Å². The largest absolute Gasteiger partial charge is 0.497 e. The number of aliphatic carboxylic acids is 1. The molecule has 0 saturated carbocycles. The van der Waals surface area contributed by atoms with E-state index in [9.17, 15) is 9.59 Å². The van der Waals surface area contributed by atoms with Crippen molar-refractivity contribution in [2.75, 3.05) is 25.7 Å². The van der Waals surface area contributed by atoms with Gasteiger partial charge < -0.3 is 24.1 Å². The molecule has 0 aromatic heterocycles. The van der Waals surface area contributed by atoms with Gasteiger partial charge in [-0.25, -0.2) is 4.79 Å². The number of rotatable bonds is 9. The van der Waals surface area contributed by atoms with Crippen molar-refractivity contribution in [3.8, 4) is 23.0 Å². The van der Waals surface area contributed by atoms with Crippen LogP contribution >= 0.6 is 24.0 Å². The van der Waals surface area contributed by atoms with Crippen molar-refractivity contribution in [3.05, 3.63) is 46.9 Å². The van der Waals surface area contributed by atoms with Crippen LogP contribution in [0.15, 0.2) is 41.3 Å². The molecule has 2 aromatic carbocycles. The lowest BCUT2D eigenvalue weighted by Gasteiger charge is -2.18. The first-order valence-corrected chi connectivity index (χ1v) is 11.2. The average Bonchev–Trinajstić information content (AvgIpc) is 3.07. The molecule has 1 saturated heterocycles. The fraction of sp³-hybridized carbons (Fsp3) is 0.261. The molecule has 1 aliphatic rings. The van der Waals surface area contributed by atoms with Crippen LogP contribution in [0.5, 0.6) is 23.0 Å². The summed E-state index contributed by atoms with van der Waals surface area (Å²) in [5, 5.41) is 9.10. The summed E-state index contributed by atoms with van der Waals surface area (Å²) >= 11 is 6.63. The summed E-state index contributed by atoms with van der Waals surface area (Å²) in [6, 6.07) is 10.1. The van der Waals surface area contributed by atoms with E-state index in [0.29, 0.717) is 50.1 Å². The zero-order chi connectivity index (χ0) is 24.1. The minimum absolute atomic E-state index is 0.286. The van der Waals surface area contributed by atoms with Crippen LogP contribution in [0.25, 0.3) is 6.08 Å². The van der Waals surface area contributed by atoms with Gasteiger partial charge in [-0.3, -0.25) is 9.69 Å². The van der Waals surface area contributed by atoms with E-state index < -0.39 is 12.1 Å². The third kappa shape index (κ3) is 5.40. The molecule has 10 heteroatoms. The predicted octanol–water partition coefficient (Wildman–Crippen LogP) is 4.36. The van der Waals surface area contributed by atoms with Gasteiger partial charge in [-0.2, -0.15) is 0 Å². The number of carboxylic acid groups (broad SMARTS) is 1. The monoisotopic (exact) mass is 489 g/mol. The van der Waals surface area contributed by atoms with Crippen LogP contribution in [-0.4, -0.2) is 48.2 Å². The van der Waals surface area contributed by atoms with Gasteiger partial charge in [0.15, 0.2) is 21.9 Å². The molecule has 2 aromatic rings. The number of amides is 1. The lowest BCUT2D eigenvalue weighted by Crippen LogP contribution is -2.27. The first kappa shape index (κ1) is 24.4. The summed E-state index contributed by atoms with van der Waals surface area (Å²) in [7, 11) is 3.06. The van der Waals surface area contributed by atoms with Gasteiger partial charge in [0.2, 0.25) is 0 Å². The summed E-state index contributed by atoms with van der Waals surface area (Å²) in [6.07, 6.45) is 0.660. The highest BCUT2D eigenvalue weighted by atomic mass is 32.2. The van der Waals surface area contributed by atoms with Gasteiger partial charge in [0, 0.05) is 6.07 Å². The minimum atomic E-state index is -1.08. The predicted molar refractivity (Wildman–Crippen MR) is 131 cm³/mol. The van der Waals surface area contributed by atoms with Crippen molar-refractivity contribution >= 4 is 51.9 Å². The van der Waals surface area contributed by atoms with E-state index in [2.05, 4.69) is 0 Å². The highest BCUT2D eigenvalue weighted by Gasteiger charge is 2.35. The quantitative estimate of drug-likeness (QED) is 0.407. The Morgan fingerprint density at radius 2 is 1.91 bits per heavy atom. The molecule has 1 N–H and O–H groups in total. The van der Waals surface area contributed by atoms with Gasteiger partial charge in [-0.15, -0.1) is 0 Å². The number of ether oxygens (including phenoxy) is 4. The normalized spacial score (nSPS) is 15.5. The molecule has 0 radical (unpaired) electrons. The molecule has 0 bridgehead atoms. The van der Waals surface area contributed by atoms with Gasteiger partial charge in [0.1, 0.15) is 11.5 Å². The topological polar surface area (TPSA) is 94.5 Å². The van der Waals surface area contributed by atoms with Crippen LogP contribution in [0.1, 0.15) is 19.4 Å². The maximum Gasteiger partial charge on any atom is 0.344 e. The van der Waals surface area contributed by atoms with Gasteiger partial charge in [0.25, 0.3) is 5.91 Å². The molecule has 1 fully saturated rings. The minimum Gasteiger partial charge on any atom is -0.497 e. The first-order valence-electron chi connectivity index (χ1n) is 9.95. The number of thioether (sulfide) groups is 1. The molecule has 1 amide bonds. The number of carbonyl (C=O) groups excluding carboxylic acids is 1. The number of anilines is 1. The lowest BCUT2D eigenvalue weighted by molar-refractivity contribution is -0.144. The number of hydrogen-bond donors (Lipinski definition) is 1. The van der Waals surface area contributed by atoms with E-state index in [0.717, 1.165) is 0 Å². The highest BCUT2D eigenvalue weighted by Crippen LogP contribution is 2.41. The second-order valence-corrected chi connectivity index (χ2v) is 8.47. The Morgan fingerprint density at radius 1 is 1.15 bits per heavy atom. The first-order chi connectivity index (χ1) is 15.8. The SMILES string of the molecule is CCOc1cc(/C=C2/SC(=S)N(c3ccc(OC)cc3OC)C2=O)ccc1OC(C)C(=O)O. The van der Waals surface area contributed by atoms with Crippen LogP contribution in [0.2, 0.25) is 0 Å². The molecule has 8 nitrogen and oxygen atoms in total.